The molecule has 0 aromatic carbocycles. The van der Waals surface area contributed by atoms with E-state index in [1.54, 1.807) is 18.6 Å². The maximum atomic E-state index is 12.7. The Morgan fingerprint density at radius 3 is 3.00 bits per heavy atom. The fourth-order valence-corrected chi connectivity index (χ4v) is 2.88. The van der Waals surface area contributed by atoms with Gasteiger partial charge in [0, 0.05) is 18.9 Å². The SMILES string of the molecule is CN(C)CC(=O)N1Cc2ccnn2CC[C@@H]1COc1cccnc1. The number of ether oxygens (including phenoxy) is 1. The molecule has 0 saturated carbocycles. The van der Waals surface area contributed by atoms with Gasteiger partial charge in [-0.2, -0.15) is 5.10 Å². The Labute approximate surface area is 141 Å². The van der Waals surface area contributed by atoms with Crippen molar-refractivity contribution in [1.82, 2.24) is 24.6 Å². The molecule has 3 heterocycles. The second-order valence-electron chi connectivity index (χ2n) is 6.25. The molecule has 0 radical (unpaired) electrons. The Balaban J connectivity index is 1.74. The third-order valence-electron chi connectivity index (χ3n) is 4.10. The van der Waals surface area contributed by atoms with Crippen molar-refractivity contribution in [2.24, 2.45) is 0 Å². The third kappa shape index (κ3) is 3.91. The lowest BCUT2D eigenvalue weighted by atomic mass is 10.2. The first-order valence-electron chi connectivity index (χ1n) is 8.11. The number of aryl methyl sites for hydroxylation is 1. The maximum absolute atomic E-state index is 12.7. The minimum atomic E-state index is 0.0133. The van der Waals surface area contributed by atoms with Crippen molar-refractivity contribution < 1.29 is 9.53 Å². The fourth-order valence-electron chi connectivity index (χ4n) is 2.88. The number of rotatable bonds is 5. The smallest absolute Gasteiger partial charge is 0.237 e. The molecule has 1 atom stereocenters. The van der Waals surface area contributed by atoms with E-state index in [2.05, 4.69) is 10.1 Å². The summed E-state index contributed by atoms with van der Waals surface area (Å²) in [6.07, 6.45) is 6.00. The zero-order valence-electron chi connectivity index (χ0n) is 14.1. The first kappa shape index (κ1) is 16.4. The highest BCUT2D eigenvalue weighted by Crippen LogP contribution is 2.19. The number of fused-ring (bicyclic) bond motifs is 1. The Kier molecular flexibility index (Phi) is 5.10. The van der Waals surface area contributed by atoms with Crippen LogP contribution in [-0.4, -0.2) is 63.8 Å². The van der Waals surface area contributed by atoms with Gasteiger partial charge in [-0.25, -0.2) is 0 Å². The highest BCUT2D eigenvalue weighted by Gasteiger charge is 2.28. The summed E-state index contributed by atoms with van der Waals surface area (Å²) in [6.45, 7) is 2.19. The second kappa shape index (κ2) is 7.44. The Morgan fingerprint density at radius 1 is 1.38 bits per heavy atom. The van der Waals surface area contributed by atoms with Crippen LogP contribution in [-0.2, 0) is 17.9 Å². The van der Waals surface area contributed by atoms with Crippen LogP contribution in [0.25, 0.3) is 0 Å². The first-order chi connectivity index (χ1) is 11.6. The minimum absolute atomic E-state index is 0.0133. The van der Waals surface area contributed by atoms with Gasteiger partial charge in [-0.05, 0) is 38.7 Å². The molecule has 3 rings (SSSR count). The van der Waals surface area contributed by atoms with E-state index in [0.717, 1.165) is 24.4 Å². The number of carbonyl (C=O) groups excluding carboxylic acids is 1. The van der Waals surface area contributed by atoms with Crippen LogP contribution in [0.4, 0.5) is 0 Å². The van der Waals surface area contributed by atoms with Gasteiger partial charge in [0.15, 0.2) is 0 Å². The summed E-state index contributed by atoms with van der Waals surface area (Å²) in [4.78, 5) is 20.6. The molecule has 0 spiro atoms. The number of hydrogen-bond acceptors (Lipinski definition) is 5. The summed E-state index contributed by atoms with van der Waals surface area (Å²) in [5, 5.41) is 4.34. The van der Waals surface area contributed by atoms with Gasteiger partial charge < -0.3 is 14.5 Å². The highest BCUT2D eigenvalue weighted by molar-refractivity contribution is 5.78. The molecular formula is C17H23N5O2. The highest BCUT2D eigenvalue weighted by atomic mass is 16.5. The van der Waals surface area contributed by atoms with Gasteiger partial charge in [0.05, 0.1) is 31.0 Å². The standard InChI is InChI=1S/C17H23N5O2/c1-20(2)12-17(23)21-11-14-5-8-19-22(14)9-6-15(21)13-24-16-4-3-7-18-10-16/h3-5,7-8,10,15H,6,9,11-13H2,1-2H3/t15-/m1/s1. The quantitative estimate of drug-likeness (QED) is 0.819. The molecule has 2 aromatic rings. The summed E-state index contributed by atoms with van der Waals surface area (Å²) in [5.41, 5.74) is 1.06. The largest absolute Gasteiger partial charge is 0.490 e. The van der Waals surface area contributed by atoms with Crippen LogP contribution in [0.5, 0.6) is 5.75 Å². The van der Waals surface area contributed by atoms with Gasteiger partial charge >= 0.3 is 0 Å². The Morgan fingerprint density at radius 2 is 2.25 bits per heavy atom. The molecule has 0 unspecified atom stereocenters. The molecular weight excluding hydrogens is 306 g/mol. The van der Waals surface area contributed by atoms with Gasteiger partial charge in [-0.15, -0.1) is 0 Å². The molecule has 128 valence electrons. The molecule has 0 saturated heterocycles. The van der Waals surface area contributed by atoms with E-state index >= 15 is 0 Å². The van der Waals surface area contributed by atoms with Crippen molar-refractivity contribution in [3.05, 3.63) is 42.5 Å². The van der Waals surface area contributed by atoms with Crippen LogP contribution in [0.1, 0.15) is 12.1 Å². The topological polar surface area (TPSA) is 63.5 Å². The van der Waals surface area contributed by atoms with E-state index < -0.39 is 0 Å². The lowest BCUT2D eigenvalue weighted by Crippen LogP contribution is -2.46. The molecule has 0 bridgehead atoms. The number of hydrogen-bond donors (Lipinski definition) is 0. The first-order valence-corrected chi connectivity index (χ1v) is 8.11. The van der Waals surface area contributed by atoms with Gasteiger partial charge in [-0.3, -0.25) is 14.5 Å². The monoisotopic (exact) mass is 329 g/mol. The van der Waals surface area contributed by atoms with Crippen LogP contribution < -0.4 is 4.74 Å². The van der Waals surface area contributed by atoms with Gasteiger partial charge in [-0.1, -0.05) is 0 Å². The number of amides is 1. The van der Waals surface area contributed by atoms with E-state index in [1.807, 2.05) is 46.8 Å². The van der Waals surface area contributed by atoms with Gasteiger partial charge in [0.1, 0.15) is 12.4 Å². The third-order valence-corrected chi connectivity index (χ3v) is 4.10. The molecule has 7 heteroatoms. The molecule has 0 aliphatic carbocycles. The molecule has 2 aromatic heterocycles. The van der Waals surface area contributed by atoms with Crippen molar-refractivity contribution in [2.75, 3.05) is 27.2 Å². The number of aromatic nitrogens is 3. The van der Waals surface area contributed by atoms with Crippen molar-refractivity contribution >= 4 is 5.91 Å². The fraction of sp³-hybridized carbons (Fsp3) is 0.471. The molecule has 0 N–H and O–H groups in total. The average molecular weight is 329 g/mol. The van der Waals surface area contributed by atoms with Gasteiger partial charge in [0.25, 0.3) is 0 Å². The normalized spacial score (nSPS) is 17.5. The molecule has 1 aliphatic heterocycles. The molecule has 1 aliphatic rings. The van der Waals surface area contributed by atoms with Crippen LogP contribution in [0, 0.1) is 0 Å². The second-order valence-corrected chi connectivity index (χ2v) is 6.25. The van der Waals surface area contributed by atoms with E-state index in [-0.39, 0.29) is 11.9 Å². The van der Waals surface area contributed by atoms with Gasteiger partial charge in [0.2, 0.25) is 5.91 Å². The van der Waals surface area contributed by atoms with Crippen LogP contribution >= 0.6 is 0 Å². The molecule has 0 fully saturated rings. The summed E-state index contributed by atoms with van der Waals surface area (Å²) >= 11 is 0. The molecule has 1 amide bonds. The predicted molar refractivity (Wildman–Crippen MR) is 89.5 cm³/mol. The van der Waals surface area contributed by atoms with E-state index in [0.29, 0.717) is 19.7 Å². The lowest BCUT2D eigenvalue weighted by molar-refractivity contribution is -0.135. The molecule has 7 nitrogen and oxygen atoms in total. The predicted octanol–water partition coefficient (Wildman–Crippen LogP) is 1.02. The van der Waals surface area contributed by atoms with Crippen molar-refractivity contribution in [2.45, 2.75) is 25.6 Å². The number of likely N-dealkylation sites (N-methyl/N-ethyl adjacent to an activating group) is 1. The average Bonchev–Trinajstić information content (AvgIpc) is 2.93. The summed E-state index contributed by atoms with van der Waals surface area (Å²) in [5.74, 6) is 0.828. The minimum Gasteiger partial charge on any atom is -0.490 e. The zero-order chi connectivity index (χ0) is 16.9. The van der Waals surface area contributed by atoms with E-state index in [9.17, 15) is 4.79 Å². The summed E-state index contributed by atoms with van der Waals surface area (Å²) in [7, 11) is 3.81. The van der Waals surface area contributed by atoms with Crippen LogP contribution in [0.2, 0.25) is 0 Å². The number of carbonyl (C=O) groups is 1. The lowest BCUT2D eigenvalue weighted by Gasteiger charge is -2.30. The number of nitrogens with zero attached hydrogens (tertiary/aromatic N) is 5. The van der Waals surface area contributed by atoms with E-state index in [4.69, 9.17) is 4.74 Å². The Bertz CT molecular complexity index is 671. The van der Waals surface area contributed by atoms with Crippen molar-refractivity contribution in [1.29, 1.82) is 0 Å². The summed E-state index contributed by atoms with van der Waals surface area (Å²) in [6, 6.07) is 5.70. The van der Waals surface area contributed by atoms with Crippen LogP contribution in [0.3, 0.4) is 0 Å². The zero-order valence-corrected chi connectivity index (χ0v) is 14.1. The summed E-state index contributed by atoms with van der Waals surface area (Å²) < 4.78 is 7.83. The van der Waals surface area contributed by atoms with Crippen LogP contribution in [0.15, 0.2) is 36.8 Å². The Hall–Kier alpha value is -2.41. The van der Waals surface area contributed by atoms with Crippen molar-refractivity contribution in [3.63, 3.8) is 0 Å². The van der Waals surface area contributed by atoms with Crippen molar-refractivity contribution in [3.8, 4) is 5.75 Å². The molecule has 24 heavy (non-hydrogen) atoms. The van der Waals surface area contributed by atoms with E-state index in [1.165, 1.54) is 0 Å². The number of pyridine rings is 1. The maximum Gasteiger partial charge on any atom is 0.237 e.